The Hall–Kier alpha value is -0.240. The van der Waals surface area contributed by atoms with Crippen LogP contribution in [0.2, 0.25) is 0 Å². The van der Waals surface area contributed by atoms with Crippen LogP contribution < -0.4 is 0 Å². The van der Waals surface area contributed by atoms with E-state index in [1.165, 1.54) is 0 Å². The number of rotatable bonds is 1. The summed E-state index contributed by atoms with van der Waals surface area (Å²) in [7, 11) is 1.59. The number of fused-ring (bicyclic) bond motifs is 3. The summed E-state index contributed by atoms with van der Waals surface area (Å²) in [6, 6.07) is 0. The fourth-order valence-corrected chi connectivity index (χ4v) is 2.26. The molecular weight excluding hydrogens is 204 g/mol. The lowest BCUT2D eigenvalue weighted by atomic mass is 9.99. The third-order valence-electron chi connectivity index (χ3n) is 2.97. The molecular formula is C9H14O6. The van der Waals surface area contributed by atoms with Crippen molar-refractivity contribution in [3.8, 4) is 0 Å². The number of methoxy groups -OCH3 is 1. The molecule has 0 aromatic rings. The van der Waals surface area contributed by atoms with Gasteiger partial charge in [-0.15, -0.1) is 0 Å². The van der Waals surface area contributed by atoms with Crippen molar-refractivity contribution in [2.75, 3.05) is 27.3 Å². The maximum absolute atomic E-state index is 5.68. The van der Waals surface area contributed by atoms with Crippen LogP contribution in [0.15, 0.2) is 0 Å². The van der Waals surface area contributed by atoms with Crippen LogP contribution in [0.1, 0.15) is 0 Å². The number of hydrogen-bond acceptors (Lipinski definition) is 6. The zero-order chi connectivity index (χ0) is 10.3. The Bertz CT molecular complexity index is 235. The monoisotopic (exact) mass is 218 g/mol. The standard InChI is InChI=1S/C9H14O6/c1-10-9-8-7(13-4-14-8)6-5(15-9)2-11-3-12-6/h5-9H,2-4H2,1H3/t5-,6-,7+,8+,9+/m1/s1. The first-order chi connectivity index (χ1) is 7.40. The van der Waals surface area contributed by atoms with Crippen molar-refractivity contribution < 1.29 is 28.4 Å². The van der Waals surface area contributed by atoms with Gasteiger partial charge in [0.1, 0.15) is 38.0 Å². The molecule has 0 amide bonds. The highest BCUT2D eigenvalue weighted by molar-refractivity contribution is 4.94. The van der Waals surface area contributed by atoms with E-state index in [0.717, 1.165) is 0 Å². The molecule has 6 heteroatoms. The molecule has 5 atom stereocenters. The molecule has 0 unspecified atom stereocenters. The number of ether oxygens (including phenoxy) is 6. The van der Waals surface area contributed by atoms with E-state index in [0.29, 0.717) is 6.61 Å². The van der Waals surface area contributed by atoms with Crippen LogP contribution in [0.3, 0.4) is 0 Å². The van der Waals surface area contributed by atoms with Crippen molar-refractivity contribution >= 4 is 0 Å². The predicted molar refractivity (Wildman–Crippen MR) is 46.0 cm³/mol. The van der Waals surface area contributed by atoms with Crippen molar-refractivity contribution in [1.82, 2.24) is 0 Å². The van der Waals surface area contributed by atoms with Crippen LogP contribution in [0.5, 0.6) is 0 Å². The van der Waals surface area contributed by atoms with Crippen molar-refractivity contribution in [1.29, 1.82) is 0 Å². The highest BCUT2D eigenvalue weighted by Gasteiger charge is 2.52. The van der Waals surface area contributed by atoms with Crippen LogP contribution >= 0.6 is 0 Å². The van der Waals surface area contributed by atoms with Gasteiger partial charge in [0.2, 0.25) is 0 Å². The Labute approximate surface area is 87.3 Å². The van der Waals surface area contributed by atoms with E-state index in [1.807, 2.05) is 0 Å². The van der Waals surface area contributed by atoms with Gasteiger partial charge in [-0.3, -0.25) is 0 Å². The maximum Gasteiger partial charge on any atom is 0.186 e. The minimum absolute atomic E-state index is 0.113. The normalized spacial score (nSPS) is 49.8. The van der Waals surface area contributed by atoms with E-state index < -0.39 is 6.29 Å². The Morgan fingerprint density at radius 2 is 1.80 bits per heavy atom. The summed E-state index contributed by atoms with van der Waals surface area (Å²) in [4.78, 5) is 0. The Kier molecular flexibility index (Phi) is 2.63. The molecule has 3 fully saturated rings. The van der Waals surface area contributed by atoms with Gasteiger partial charge >= 0.3 is 0 Å². The zero-order valence-corrected chi connectivity index (χ0v) is 8.46. The van der Waals surface area contributed by atoms with Gasteiger partial charge in [-0.1, -0.05) is 0 Å². The summed E-state index contributed by atoms with van der Waals surface area (Å²) in [6.45, 7) is 1.07. The number of hydrogen-bond donors (Lipinski definition) is 0. The largest absolute Gasteiger partial charge is 0.353 e. The molecule has 3 aliphatic rings. The molecule has 86 valence electrons. The lowest BCUT2D eigenvalue weighted by molar-refractivity contribution is -0.316. The quantitative estimate of drug-likeness (QED) is 0.590. The lowest BCUT2D eigenvalue weighted by Crippen LogP contribution is -2.60. The van der Waals surface area contributed by atoms with Crippen molar-refractivity contribution in [3.05, 3.63) is 0 Å². The van der Waals surface area contributed by atoms with Crippen LogP contribution in [0.4, 0.5) is 0 Å². The minimum atomic E-state index is -0.399. The van der Waals surface area contributed by atoms with Crippen molar-refractivity contribution in [2.24, 2.45) is 0 Å². The molecule has 6 nitrogen and oxygen atoms in total. The molecule has 0 radical (unpaired) electrons. The van der Waals surface area contributed by atoms with Gasteiger partial charge in [-0.05, 0) is 0 Å². The summed E-state index contributed by atoms with van der Waals surface area (Å²) >= 11 is 0. The first-order valence-corrected chi connectivity index (χ1v) is 5.01. The molecule has 15 heavy (non-hydrogen) atoms. The van der Waals surface area contributed by atoms with Crippen LogP contribution in [0, 0.1) is 0 Å². The molecule has 3 saturated heterocycles. The molecule has 0 aromatic carbocycles. The van der Waals surface area contributed by atoms with E-state index in [-0.39, 0.29) is 38.0 Å². The minimum Gasteiger partial charge on any atom is -0.353 e. The third-order valence-corrected chi connectivity index (χ3v) is 2.97. The first kappa shape index (κ1) is 9.95. The molecule has 0 aliphatic carbocycles. The van der Waals surface area contributed by atoms with Gasteiger partial charge in [0.15, 0.2) is 6.29 Å². The molecule has 3 heterocycles. The van der Waals surface area contributed by atoms with Gasteiger partial charge in [-0.25, -0.2) is 0 Å². The summed E-state index contributed by atoms with van der Waals surface area (Å²) in [5.41, 5.74) is 0. The van der Waals surface area contributed by atoms with Gasteiger partial charge in [-0.2, -0.15) is 0 Å². The zero-order valence-electron chi connectivity index (χ0n) is 8.46. The van der Waals surface area contributed by atoms with Gasteiger partial charge < -0.3 is 28.4 Å². The van der Waals surface area contributed by atoms with Crippen LogP contribution in [-0.2, 0) is 28.4 Å². The molecule has 3 aliphatic heterocycles. The Morgan fingerprint density at radius 1 is 1.00 bits per heavy atom. The third kappa shape index (κ3) is 1.57. The summed E-state index contributed by atoms with van der Waals surface area (Å²) in [6.07, 6.45) is -0.958. The Balaban J connectivity index is 1.79. The van der Waals surface area contributed by atoms with Gasteiger partial charge in [0.05, 0.1) is 6.61 Å². The molecule has 0 N–H and O–H groups in total. The van der Waals surface area contributed by atoms with Crippen molar-refractivity contribution in [3.63, 3.8) is 0 Å². The van der Waals surface area contributed by atoms with E-state index in [4.69, 9.17) is 28.4 Å². The van der Waals surface area contributed by atoms with E-state index in [9.17, 15) is 0 Å². The second-order valence-electron chi connectivity index (χ2n) is 3.78. The topological polar surface area (TPSA) is 55.4 Å². The average molecular weight is 218 g/mol. The molecule has 3 rings (SSSR count). The highest BCUT2D eigenvalue weighted by Crippen LogP contribution is 2.33. The summed E-state index contributed by atoms with van der Waals surface area (Å²) in [5, 5.41) is 0. The second kappa shape index (κ2) is 3.97. The van der Waals surface area contributed by atoms with E-state index >= 15 is 0 Å². The molecule has 0 bridgehead atoms. The van der Waals surface area contributed by atoms with Crippen molar-refractivity contribution in [2.45, 2.75) is 30.7 Å². The summed E-state index contributed by atoms with van der Waals surface area (Å²) in [5.74, 6) is 0. The van der Waals surface area contributed by atoms with Gasteiger partial charge in [0.25, 0.3) is 0 Å². The lowest BCUT2D eigenvalue weighted by Gasteiger charge is -2.43. The van der Waals surface area contributed by atoms with E-state index in [1.54, 1.807) is 7.11 Å². The second-order valence-corrected chi connectivity index (χ2v) is 3.78. The predicted octanol–water partition coefficient (Wildman–Crippen LogP) is -0.528. The molecule has 0 aromatic heterocycles. The smallest absolute Gasteiger partial charge is 0.186 e. The fourth-order valence-electron chi connectivity index (χ4n) is 2.26. The maximum atomic E-state index is 5.68. The first-order valence-electron chi connectivity index (χ1n) is 5.01. The Morgan fingerprint density at radius 3 is 2.67 bits per heavy atom. The summed E-state index contributed by atoms with van der Waals surface area (Å²) < 4.78 is 32.5. The van der Waals surface area contributed by atoms with Crippen LogP contribution in [-0.4, -0.2) is 58.0 Å². The fraction of sp³-hybridized carbons (Fsp3) is 1.00. The molecule has 0 spiro atoms. The van der Waals surface area contributed by atoms with Gasteiger partial charge in [0, 0.05) is 7.11 Å². The van der Waals surface area contributed by atoms with Crippen LogP contribution in [0.25, 0.3) is 0 Å². The average Bonchev–Trinajstić information content (AvgIpc) is 2.77. The van der Waals surface area contributed by atoms with E-state index in [2.05, 4.69) is 0 Å². The SMILES string of the molecule is CO[C@H]1O[C@@H]2COCO[C@H]2[C@@H]2OCO[C@H]12. The highest BCUT2D eigenvalue weighted by atomic mass is 16.8. The molecule has 0 saturated carbocycles.